The lowest BCUT2D eigenvalue weighted by molar-refractivity contribution is -0.136. The number of hydrogen-bond donors (Lipinski definition) is 1. The van der Waals surface area contributed by atoms with Gasteiger partial charge < -0.3 is 5.11 Å². The average Bonchev–Trinajstić information content (AvgIpc) is 2.43. The Hall–Kier alpha value is -1.55. The maximum Gasteiger partial charge on any atom is 0.309 e. The summed E-state index contributed by atoms with van der Waals surface area (Å²) in [6.07, 6.45) is -0.0483. The molecule has 0 unspecified atom stereocenters. The molecule has 0 radical (unpaired) electrons. The summed E-state index contributed by atoms with van der Waals surface area (Å²) in [5.41, 5.74) is 1.43. The van der Waals surface area contributed by atoms with Crippen LogP contribution in [0.5, 0.6) is 0 Å². The number of rotatable bonds is 2. The second-order valence-corrected chi connectivity index (χ2v) is 3.74. The van der Waals surface area contributed by atoms with Crippen LogP contribution in [-0.4, -0.2) is 20.9 Å². The topological polar surface area (TPSA) is 55.1 Å². The highest BCUT2D eigenvalue weighted by atomic mass is 35.5. The van der Waals surface area contributed by atoms with Crippen molar-refractivity contribution in [2.75, 3.05) is 0 Å². The van der Waals surface area contributed by atoms with E-state index in [9.17, 15) is 4.79 Å². The third-order valence-electron chi connectivity index (χ3n) is 2.24. The molecule has 0 atom stereocenters. The Morgan fingerprint density at radius 2 is 2.33 bits per heavy atom. The SMILES string of the molecule is Cn1nc2ccc(Cl)cc2c1CC(=O)O. The van der Waals surface area contributed by atoms with Crippen molar-refractivity contribution in [1.29, 1.82) is 0 Å². The van der Waals surface area contributed by atoms with Gasteiger partial charge in [-0.05, 0) is 18.2 Å². The van der Waals surface area contributed by atoms with Gasteiger partial charge in [-0.3, -0.25) is 9.48 Å². The normalized spacial score (nSPS) is 10.8. The second kappa shape index (κ2) is 3.55. The fourth-order valence-corrected chi connectivity index (χ4v) is 1.75. The summed E-state index contributed by atoms with van der Waals surface area (Å²) in [5.74, 6) is -0.875. The summed E-state index contributed by atoms with van der Waals surface area (Å²) in [6, 6.07) is 5.26. The van der Waals surface area contributed by atoms with Crippen molar-refractivity contribution in [3.63, 3.8) is 0 Å². The van der Waals surface area contributed by atoms with Crippen LogP contribution >= 0.6 is 11.6 Å². The fraction of sp³-hybridized carbons (Fsp3) is 0.200. The molecule has 2 aromatic rings. The Labute approximate surface area is 91.1 Å². The summed E-state index contributed by atoms with van der Waals surface area (Å²) < 4.78 is 1.58. The third kappa shape index (κ3) is 1.80. The van der Waals surface area contributed by atoms with Crippen molar-refractivity contribution in [2.45, 2.75) is 6.42 Å². The number of aryl methyl sites for hydroxylation is 1. The molecule has 0 amide bonds. The van der Waals surface area contributed by atoms with Crippen molar-refractivity contribution < 1.29 is 9.90 Å². The van der Waals surface area contributed by atoms with E-state index in [-0.39, 0.29) is 6.42 Å². The highest BCUT2D eigenvalue weighted by molar-refractivity contribution is 6.31. The third-order valence-corrected chi connectivity index (χ3v) is 2.47. The summed E-state index contributed by atoms with van der Waals surface area (Å²) in [6.45, 7) is 0. The summed E-state index contributed by atoms with van der Waals surface area (Å²) in [5, 5.41) is 14.4. The van der Waals surface area contributed by atoms with E-state index in [1.807, 2.05) is 0 Å². The van der Waals surface area contributed by atoms with Crippen LogP contribution in [0.15, 0.2) is 18.2 Å². The largest absolute Gasteiger partial charge is 0.481 e. The summed E-state index contributed by atoms with van der Waals surface area (Å²) in [4.78, 5) is 10.7. The smallest absolute Gasteiger partial charge is 0.309 e. The molecule has 0 bridgehead atoms. The van der Waals surface area contributed by atoms with Gasteiger partial charge in [0, 0.05) is 17.5 Å². The summed E-state index contributed by atoms with van der Waals surface area (Å²) in [7, 11) is 1.73. The predicted octanol–water partition coefficient (Wildman–Crippen LogP) is 1.85. The molecule has 0 aliphatic heterocycles. The number of carbonyl (C=O) groups is 1. The molecule has 2 rings (SSSR count). The Balaban J connectivity index is 2.65. The molecule has 1 N–H and O–H groups in total. The lowest BCUT2D eigenvalue weighted by Crippen LogP contribution is -2.06. The zero-order valence-corrected chi connectivity index (χ0v) is 8.82. The first-order chi connectivity index (χ1) is 7.08. The van der Waals surface area contributed by atoms with Crippen LogP contribution in [0.1, 0.15) is 5.69 Å². The maximum absolute atomic E-state index is 10.7. The van der Waals surface area contributed by atoms with Gasteiger partial charge in [-0.15, -0.1) is 0 Å². The Morgan fingerprint density at radius 3 is 3.00 bits per heavy atom. The van der Waals surface area contributed by atoms with Crippen LogP contribution in [0.2, 0.25) is 5.02 Å². The minimum Gasteiger partial charge on any atom is -0.481 e. The maximum atomic E-state index is 10.7. The van der Waals surface area contributed by atoms with Crippen molar-refractivity contribution >= 4 is 28.5 Å². The number of aromatic nitrogens is 2. The average molecular weight is 225 g/mol. The molecule has 1 aromatic carbocycles. The molecule has 5 heteroatoms. The molecule has 78 valence electrons. The van der Waals surface area contributed by atoms with Gasteiger partial charge >= 0.3 is 5.97 Å². The molecule has 15 heavy (non-hydrogen) atoms. The van der Waals surface area contributed by atoms with Gasteiger partial charge in [0.05, 0.1) is 17.6 Å². The van der Waals surface area contributed by atoms with Gasteiger partial charge in [0.2, 0.25) is 0 Å². The highest BCUT2D eigenvalue weighted by Crippen LogP contribution is 2.22. The standard InChI is InChI=1S/C10H9ClN2O2/c1-13-9(5-10(14)15)7-4-6(11)2-3-8(7)12-13/h2-4H,5H2,1H3,(H,14,15). The number of carboxylic acids is 1. The molecule has 4 nitrogen and oxygen atoms in total. The van der Waals surface area contributed by atoms with Gasteiger partial charge in [-0.1, -0.05) is 11.6 Å². The molecular formula is C10H9ClN2O2. The van der Waals surface area contributed by atoms with Gasteiger partial charge in [0.25, 0.3) is 0 Å². The van der Waals surface area contributed by atoms with E-state index in [1.54, 1.807) is 29.9 Å². The van der Waals surface area contributed by atoms with Crippen LogP contribution in [0.3, 0.4) is 0 Å². The number of benzene rings is 1. The fourth-order valence-electron chi connectivity index (χ4n) is 1.58. The zero-order chi connectivity index (χ0) is 11.0. The quantitative estimate of drug-likeness (QED) is 0.847. The predicted molar refractivity (Wildman–Crippen MR) is 57.1 cm³/mol. The minimum absolute atomic E-state index is 0.0483. The molecule has 0 saturated heterocycles. The van der Waals surface area contributed by atoms with Crippen molar-refractivity contribution in [3.8, 4) is 0 Å². The van der Waals surface area contributed by atoms with Crippen molar-refractivity contribution in [2.24, 2.45) is 7.05 Å². The monoisotopic (exact) mass is 224 g/mol. The van der Waals surface area contributed by atoms with E-state index < -0.39 is 5.97 Å². The molecule has 1 aromatic heterocycles. The Morgan fingerprint density at radius 1 is 1.60 bits per heavy atom. The number of hydrogen-bond acceptors (Lipinski definition) is 2. The molecule has 1 heterocycles. The molecule has 0 aliphatic carbocycles. The Bertz CT molecular complexity index is 533. The van der Waals surface area contributed by atoms with Crippen LogP contribution < -0.4 is 0 Å². The van der Waals surface area contributed by atoms with Crippen LogP contribution in [0, 0.1) is 0 Å². The lowest BCUT2D eigenvalue weighted by atomic mass is 10.1. The molecule has 0 spiro atoms. The van der Waals surface area contributed by atoms with Gasteiger partial charge in [-0.25, -0.2) is 0 Å². The van der Waals surface area contributed by atoms with Gasteiger partial charge in [0.15, 0.2) is 0 Å². The summed E-state index contributed by atoms with van der Waals surface area (Å²) >= 11 is 5.85. The zero-order valence-electron chi connectivity index (χ0n) is 8.07. The van der Waals surface area contributed by atoms with Gasteiger partial charge in [0.1, 0.15) is 0 Å². The van der Waals surface area contributed by atoms with E-state index in [2.05, 4.69) is 5.10 Å². The number of aliphatic carboxylic acids is 1. The molecule has 0 saturated carbocycles. The van der Waals surface area contributed by atoms with Crippen LogP contribution in [-0.2, 0) is 18.3 Å². The second-order valence-electron chi connectivity index (χ2n) is 3.30. The first-order valence-corrected chi connectivity index (χ1v) is 4.78. The van der Waals surface area contributed by atoms with Gasteiger partial charge in [-0.2, -0.15) is 5.10 Å². The lowest BCUT2D eigenvalue weighted by Gasteiger charge is -1.98. The van der Waals surface area contributed by atoms with Crippen LogP contribution in [0.4, 0.5) is 0 Å². The first kappa shape index (κ1) is 9.98. The van der Waals surface area contributed by atoms with E-state index in [4.69, 9.17) is 16.7 Å². The first-order valence-electron chi connectivity index (χ1n) is 4.41. The van der Waals surface area contributed by atoms with E-state index in [0.29, 0.717) is 10.7 Å². The van der Waals surface area contributed by atoms with E-state index in [0.717, 1.165) is 10.9 Å². The molecule has 0 aliphatic rings. The highest BCUT2D eigenvalue weighted by Gasteiger charge is 2.12. The van der Waals surface area contributed by atoms with Crippen molar-refractivity contribution in [1.82, 2.24) is 9.78 Å². The number of halogens is 1. The van der Waals surface area contributed by atoms with Crippen molar-refractivity contribution in [3.05, 3.63) is 28.9 Å². The number of carboxylic acid groups (broad SMARTS) is 1. The van der Waals surface area contributed by atoms with E-state index >= 15 is 0 Å². The van der Waals surface area contributed by atoms with E-state index in [1.165, 1.54) is 0 Å². The molecular weight excluding hydrogens is 216 g/mol. The number of fused-ring (bicyclic) bond motifs is 1. The minimum atomic E-state index is -0.875. The number of nitrogens with zero attached hydrogens (tertiary/aromatic N) is 2. The van der Waals surface area contributed by atoms with Crippen LogP contribution in [0.25, 0.3) is 10.9 Å². The molecule has 0 fully saturated rings. The Kier molecular flexibility index (Phi) is 2.36.